The highest BCUT2D eigenvalue weighted by molar-refractivity contribution is 5.30. The van der Waals surface area contributed by atoms with Crippen molar-refractivity contribution in [1.29, 1.82) is 0 Å². The van der Waals surface area contributed by atoms with Gasteiger partial charge in [0, 0.05) is 0 Å². The Balaban J connectivity index is 2.69. The lowest BCUT2D eigenvalue weighted by Crippen LogP contribution is -1.83. The van der Waals surface area contributed by atoms with Crippen LogP contribution in [0.5, 0.6) is 11.5 Å². The van der Waals surface area contributed by atoms with Gasteiger partial charge in [0.1, 0.15) is 18.1 Å². The molecule has 2 nitrogen and oxygen atoms in total. The van der Waals surface area contributed by atoms with Gasteiger partial charge in [-0.25, -0.2) is 0 Å². The van der Waals surface area contributed by atoms with Gasteiger partial charge in [0.05, 0.1) is 0 Å². The van der Waals surface area contributed by atoms with Crippen molar-refractivity contribution in [1.82, 2.24) is 0 Å². The third-order valence-corrected chi connectivity index (χ3v) is 1.09. The predicted molar refractivity (Wildman–Crippen MR) is 38.7 cm³/mol. The number of phenols is 1. The summed E-state index contributed by atoms with van der Waals surface area (Å²) in [4.78, 5) is 0. The molecule has 0 atom stereocenters. The van der Waals surface area contributed by atoms with Crippen LogP contribution in [-0.4, -0.2) is 5.11 Å². The van der Waals surface area contributed by atoms with Crippen LogP contribution in [0.15, 0.2) is 24.3 Å². The average Bonchev–Trinajstić information content (AvgIpc) is 1.95. The van der Waals surface area contributed by atoms with Crippen LogP contribution >= 0.6 is 0 Å². The Hall–Kier alpha value is -1.18. The van der Waals surface area contributed by atoms with Gasteiger partial charge in [0.15, 0.2) is 0 Å². The highest BCUT2D eigenvalue weighted by Gasteiger charge is 1.89. The van der Waals surface area contributed by atoms with Gasteiger partial charge in [-0.05, 0) is 31.2 Å². The van der Waals surface area contributed by atoms with Crippen molar-refractivity contribution in [3.05, 3.63) is 30.9 Å². The molecule has 0 heterocycles. The lowest BCUT2D eigenvalue weighted by Gasteiger charge is -1.99. The summed E-state index contributed by atoms with van der Waals surface area (Å²) in [6.45, 7) is 3.39. The summed E-state index contributed by atoms with van der Waals surface area (Å²) >= 11 is 0. The predicted octanol–water partition coefficient (Wildman–Crippen LogP) is 1.95. The van der Waals surface area contributed by atoms with E-state index in [1.54, 1.807) is 37.8 Å². The second-order valence-electron chi connectivity index (χ2n) is 1.85. The molecule has 0 amide bonds. The first-order valence-corrected chi connectivity index (χ1v) is 3.06. The number of phenolic OH excluding ortho intramolecular Hbond substituents is 1. The molecule has 0 spiro atoms. The molecule has 1 aromatic rings. The smallest absolute Gasteiger partial charge is 0.132 e. The summed E-state index contributed by atoms with van der Waals surface area (Å²) < 4.78 is 5.02. The maximum atomic E-state index is 8.86. The Labute approximate surface area is 60.1 Å². The molecule has 0 aliphatic heterocycles. The highest BCUT2D eigenvalue weighted by Crippen LogP contribution is 2.15. The van der Waals surface area contributed by atoms with E-state index in [1.807, 2.05) is 0 Å². The zero-order valence-corrected chi connectivity index (χ0v) is 5.74. The molecule has 0 aliphatic carbocycles. The first-order chi connectivity index (χ1) is 4.83. The van der Waals surface area contributed by atoms with Crippen LogP contribution in [0.25, 0.3) is 0 Å². The lowest BCUT2D eigenvalue weighted by atomic mass is 10.3. The van der Waals surface area contributed by atoms with Crippen LogP contribution < -0.4 is 4.74 Å². The van der Waals surface area contributed by atoms with Crippen molar-refractivity contribution in [2.45, 2.75) is 6.92 Å². The topological polar surface area (TPSA) is 29.5 Å². The van der Waals surface area contributed by atoms with Crippen molar-refractivity contribution in [3.8, 4) is 11.5 Å². The van der Waals surface area contributed by atoms with Crippen molar-refractivity contribution >= 4 is 0 Å². The number of hydrogen-bond acceptors (Lipinski definition) is 2. The molecule has 10 heavy (non-hydrogen) atoms. The number of aromatic hydroxyl groups is 1. The second-order valence-corrected chi connectivity index (χ2v) is 1.85. The first kappa shape index (κ1) is 6.93. The van der Waals surface area contributed by atoms with Crippen molar-refractivity contribution in [2.24, 2.45) is 0 Å². The summed E-state index contributed by atoms with van der Waals surface area (Å²) in [7, 11) is 0. The van der Waals surface area contributed by atoms with Gasteiger partial charge in [-0.2, -0.15) is 0 Å². The molecule has 1 N–H and O–H groups in total. The van der Waals surface area contributed by atoms with E-state index in [-0.39, 0.29) is 5.75 Å². The number of rotatable bonds is 2. The van der Waals surface area contributed by atoms with Crippen LogP contribution in [0.3, 0.4) is 0 Å². The fraction of sp³-hybridized carbons (Fsp3) is 0.125. The maximum absolute atomic E-state index is 8.86. The SMILES string of the molecule is C[CH]Oc1ccc(O)cc1. The van der Waals surface area contributed by atoms with E-state index < -0.39 is 0 Å². The van der Waals surface area contributed by atoms with E-state index in [0.29, 0.717) is 0 Å². The lowest BCUT2D eigenvalue weighted by molar-refractivity contribution is 0.414. The van der Waals surface area contributed by atoms with E-state index in [9.17, 15) is 0 Å². The first-order valence-electron chi connectivity index (χ1n) is 3.06. The number of benzene rings is 1. The van der Waals surface area contributed by atoms with Gasteiger partial charge in [-0.15, -0.1) is 0 Å². The van der Waals surface area contributed by atoms with Crippen LogP contribution in [0, 0.1) is 6.61 Å². The van der Waals surface area contributed by atoms with E-state index >= 15 is 0 Å². The normalized spacial score (nSPS) is 9.30. The molecule has 0 bridgehead atoms. The molecule has 0 aliphatic rings. The van der Waals surface area contributed by atoms with Crippen LogP contribution in [0.1, 0.15) is 6.92 Å². The van der Waals surface area contributed by atoms with Gasteiger partial charge in [-0.3, -0.25) is 0 Å². The molecule has 0 saturated heterocycles. The third kappa shape index (κ3) is 1.65. The molecule has 1 rings (SSSR count). The standard InChI is InChI=1S/C8H9O2/c1-2-10-8-5-3-7(9)4-6-8/h2-6,9H,1H3. The minimum Gasteiger partial charge on any atom is -0.508 e. The van der Waals surface area contributed by atoms with Crippen LogP contribution in [0.4, 0.5) is 0 Å². The van der Waals surface area contributed by atoms with Crippen LogP contribution in [0.2, 0.25) is 0 Å². The van der Waals surface area contributed by atoms with E-state index in [1.165, 1.54) is 0 Å². The molecule has 0 unspecified atom stereocenters. The zero-order valence-electron chi connectivity index (χ0n) is 5.74. The Morgan fingerprint density at radius 2 is 1.90 bits per heavy atom. The van der Waals surface area contributed by atoms with Crippen molar-refractivity contribution in [3.63, 3.8) is 0 Å². The Morgan fingerprint density at radius 3 is 2.40 bits per heavy atom. The van der Waals surface area contributed by atoms with Gasteiger partial charge in [0.25, 0.3) is 0 Å². The van der Waals surface area contributed by atoms with E-state index in [0.717, 1.165) is 5.75 Å². The third-order valence-electron chi connectivity index (χ3n) is 1.09. The zero-order chi connectivity index (χ0) is 7.40. The van der Waals surface area contributed by atoms with Crippen LogP contribution in [-0.2, 0) is 0 Å². The van der Waals surface area contributed by atoms with Gasteiger partial charge in [-0.1, -0.05) is 0 Å². The Bertz CT molecular complexity index is 191. The molecular weight excluding hydrogens is 128 g/mol. The fourth-order valence-electron chi connectivity index (χ4n) is 0.661. The van der Waals surface area contributed by atoms with Gasteiger partial charge < -0.3 is 9.84 Å². The monoisotopic (exact) mass is 137 g/mol. The molecule has 0 aromatic heterocycles. The molecule has 2 heteroatoms. The van der Waals surface area contributed by atoms with Crippen molar-refractivity contribution in [2.75, 3.05) is 0 Å². The Kier molecular flexibility index (Phi) is 2.15. The summed E-state index contributed by atoms with van der Waals surface area (Å²) in [6, 6.07) is 6.57. The van der Waals surface area contributed by atoms with Gasteiger partial charge >= 0.3 is 0 Å². The quantitative estimate of drug-likeness (QED) is 0.675. The largest absolute Gasteiger partial charge is 0.508 e. The fourth-order valence-corrected chi connectivity index (χ4v) is 0.661. The maximum Gasteiger partial charge on any atom is 0.132 e. The minimum absolute atomic E-state index is 0.253. The van der Waals surface area contributed by atoms with Gasteiger partial charge in [0.2, 0.25) is 0 Å². The molecule has 1 radical (unpaired) electrons. The molecular formula is C8H9O2. The summed E-state index contributed by atoms with van der Waals surface area (Å²) in [6.07, 6.45) is 0. The molecule has 1 aromatic carbocycles. The molecule has 0 fully saturated rings. The minimum atomic E-state index is 0.253. The van der Waals surface area contributed by atoms with E-state index in [4.69, 9.17) is 9.84 Å². The number of hydrogen-bond donors (Lipinski definition) is 1. The summed E-state index contributed by atoms with van der Waals surface area (Å²) in [5, 5.41) is 8.86. The summed E-state index contributed by atoms with van der Waals surface area (Å²) in [5.74, 6) is 0.990. The van der Waals surface area contributed by atoms with E-state index in [2.05, 4.69) is 0 Å². The highest BCUT2D eigenvalue weighted by atomic mass is 16.5. The molecule has 53 valence electrons. The second kappa shape index (κ2) is 3.11. The van der Waals surface area contributed by atoms with Crippen molar-refractivity contribution < 1.29 is 9.84 Å². The average molecular weight is 137 g/mol. The molecule has 0 saturated carbocycles. The Morgan fingerprint density at radius 1 is 1.30 bits per heavy atom. The summed E-state index contributed by atoms with van der Waals surface area (Å²) in [5.41, 5.74) is 0. The number of ether oxygens (including phenoxy) is 1.